The highest BCUT2D eigenvalue weighted by atomic mass is 16.6. The molecule has 0 bridgehead atoms. The van der Waals surface area contributed by atoms with Crippen LogP contribution in [-0.2, 0) is 4.74 Å². The van der Waals surface area contributed by atoms with Gasteiger partial charge in [-0.2, -0.15) is 0 Å². The molecule has 52 valence electrons. The second-order valence-electron chi connectivity index (χ2n) is 3.08. The van der Waals surface area contributed by atoms with Crippen LogP contribution in [0, 0.1) is 0 Å². The summed E-state index contributed by atoms with van der Waals surface area (Å²) in [6.45, 7) is 0.234. The summed E-state index contributed by atoms with van der Waals surface area (Å²) < 4.78 is 5.36. The summed E-state index contributed by atoms with van der Waals surface area (Å²) in [6, 6.07) is 0. The van der Waals surface area contributed by atoms with Crippen LogP contribution in [0.5, 0.6) is 0 Å². The monoisotopic (exact) mass is 128 g/mol. The predicted molar refractivity (Wildman–Crippen MR) is 33.2 cm³/mol. The Bertz CT molecular complexity index is 124. The van der Waals surface area contributed by atoms with Gasteiger partial charge in [0.2, 0.25) is 0 Å². The lowest BCUT2D eigenvalue weighted by Gasteiger charge is -2.12. The minimum atomic E-state index is -0.0573. The van der Waals surface area contributed by atoms with E-state index in [0.29, 0.717) is 6.10 Å². The largest absolute Gasteiger partial charge is 0.393 e. The third kappa shape index (κ3) is 0.700. The minimum Gasteiger partial charge on any atom is -0.393 e. The van der Waals surface area contributed by atoms with Crippen molar-refractivity contribution in [3.8, 4) is 0 Å². The van der Waals surface area contributed by atoms with Gasteiger partial charge in [0, 0.05) is 0 Å². The Kier molecular flexibility index (Phi) is 1.08. The minimum absolute atomic E-state index is 0.0573. The van der Waals surface area contributed by atoms with Gasteiger partial charge in [-0.05, 0) is 12.8 Å². The van der Waals surface area contributed by atoms with E-state index in [1.165, 1.54) is 19.3 Å². The molecule has 1 unspecified atom stereocenters. The molecule has 2 atom stereocenters. The van der Waals surface area contributed by atoms with E-state index in [1.807, 2.05) is 0 Å². The smallest absolute Gasteiger partial charge is 0.118 e. The fraction of sp³-hybridized carbons (Fsp3) is 1.00. The number of rotatable bonds is 1. The first-order valence-electron chi connectivity index (χ1n) is 3.66. The first-order valence-corrected chi connectivity index (χ1v) is 3.66. The molecule has 1 aliphatic carbocycles. The average Bonchev–Trinajstić information content (AvgIpc) is 2.62. The molecule has 0 amide bonds. The lowest BCUT2D eigenvalue weighted by molar-refractivity contribution is 0.163. The molecule has 0 aromatic carbocycles. The molecule has 9 heavy (non-hydrogen) atoms. The molecular weight excluding hydrogens is 116 g/mol. The number of epoxide rings is 1. The zero-order valence-corrected chi connectivity index (χ0v) is 5.47. The highest BCUT2D eigenvalue weighted by Crippen LogP contribution is 2.47. The van der Waals surface area contributed by atoms with Gasteiger partial charge in [0.05, 0.1) is 12.7 Å². The van der Waals surface area contributed by atoms with Crippen LogP contribution >= 0.6 is 0 Å². The summed E-state index contributed by atoms with van der Waals surface area (Å²) in [7, 11) is 0. The Morgan fingerprint density at radius 3 is 3.00 bits per heavy atom. The van der Waals surface area contributed by atoms with Crippen molar-refractivity contribution in [1.82, 2.24) is 0 Å². The van der Waals surface area contributed by atoms with Crippen LogP contribution in [0.1, 0.15) is 25.7 Å². The molecule has 2 fully saturated rings. The van der Waals surface area contributed by atoms with Crippen molar-refractivity contribution in [3.63, 3.8) is 0 Å². The van der Waals surface area contributed by atoms with Crippen LogP contribution in [0.4, 0.5) is 0 Å². The van der Waals surface area contributed by atoms with Crippen LogP contribution in [-0.4, -0.2) is 23.4 Å². The summed E-state index contributed by atoms with van der Waals surface area (Å²) in [5.41, 5.74) is -0.0573. The molecule has 2 heteroatoms. The third-order valence-corrected chi connectivity index (χ3v) is 2.49. The molecule has 0 aromatic heterocycles. The van der Waals surface area contributed by atoms with E-state index in [4.69, 9.17) is 9.84 Å². The van der Waals surface area contributed by atoms with Gasteiger partial charge in [0.15, 0.2) is 0 Å². The zero-order chi connectivity index (χ0) is 6.32. The molecule has 1 heterocycles. The van der Waals surface area contributed by atoms with Gasteiger partial charge < -0.3 is 9.84 Å². The van der Waals surface area contributed by atoms with E-state index in [1.54, 1.807) is 0 Å². The zero-order valence-electron chi connectivity index (χ0n) is 5.47. The second kappa shape index (κ2) is 1.70. The number of hydrogen-bond donors (Lipinski definition) is 1. The first kappa shape index (κ1) is 5.69. The lowest BCUT2D eigenvalue weighted by Crippen LogP contribution is -2.23. The van der Waals surface area contributed by atoms with Crippen molar-refractivity contribution < 1.29 is 9.84 Å². The normalized spacial score (nSPS) is 48.3. The van der Waals surface area contributed by atoms with E-state index in [-0.39, 0.29) is 12.2 Å². The van der Waals surface area contributed by atoms with Crippen LogP contribution < -0.4 is 0 Å². The van der Waals surface area contributed by atoms with Crippen LogP contribution in [0.3, 0.4) is 0 Å². The van der Waals surface area contributed by atoms with Gasteiger partial charge in [0.25, 0.3) is 0 Å². The number of hydrogen-bond acceptors (Lipinski definition) is 2. The van der Waals surface area contributed by atoms with E-state index < -0.39 is 0 Å². The number of ether oxygens (including phenoxy) is 1. The molecule has 0 spiro atoms. The Balaban J connectivity index is 2.01. The maximum atomic E-state index is 8.87. The fourth-order valence-corrected chi connectivity index (χ4v) is 1.76. The van der Waals surface area contributed by atoms with E-state index >= 15 is 0 Å². The SMILES string of the molecule is OC[C@]12CCCCC1O2. The summed E-state index contributed by atoms with van der Waals surface area (Å²) >= 11 is 0. The van der Waals surface area contributed by atoms with Gasteiger partial charge in [-0.3, -0.25) is 0 Å². The molecule has 1 N–H and O–H groups in total. The summed E-state index contributed by atoms with van der Waals surface area (Å²) in [5, 5.41) is 8.87. The Labute approximate surface area is 54.8 Å². The molecule has 0 radical (unpaired) electrons. The highest BCUT2D eigenvalue weighted by Gasteiger charge is 2.56. The van der Waals surface area contributed by atoms with Crippen molar-refractivity contribution >= 4 is 0 Å². The van der Waals surface area contributed by atoms with Crippen LogP contribution in [0.2, 0.25) is 0 Å². The summed E-state index contributed by atoms with van der Waals surface area (Å²) in [6.07, 6.45) is 5.18. The van der Waals surface area contributed by atoms with Crippen LogP contribution in [0.15, 0.2) is 0 Å². The Morgan fingerprint density at radius 2 is 2.44 bits per heavy atom. The standard InChI is InChI=1S/C7H12O2/c8-5-7-4-2-1-3-6(7)9-7/h6,8H,1-5H2/t6?,7-/m1/s1. The van der Waals surface area contributed by atoms with Crippen molar-refractivity contribution in [2.75, 3.05) is 6.61 Å². The molecule has 1 aliphatic heterocycles. The average molecular weight is 128 g/mol. The van der Waals surface area contributed by atoms with Gasteiger partial charge in [0.1, 0.15) is 5.60 Å². The highest BCUT2D eigenvalue weighted by molar-refractivity contribution is 5.04. The number of fused-ring (bicyclic) bond motifs is 1. The molecule has 1 saturated heterocycles. The van der Waals surface area contributed by atoms with E-state index in [9.17, 15) is 0 Å². The molecule has 2 aliphatic rings. The summed E-state index contributed by atoms with van der Waals surface area (Å²) in [4.78, 5) is 0. The number of aliphatic hydroxyl groups excluding tert-OH is 1. The fourth-order valence-electron chi connectivity index (χ4n) is 1.76. The summed E-state index contributed by atoms with van der Waals surface area (Å²) in [5.74, 6) is 0. The molecule has 0 aromatic rings. The maximum absolute atomic E-state index is 8.87. The molecule has 2 nitrogen and oxygen atoms in total. The molecule has 1 saturated carbocycles. The van der Waals surface area contributed by atoms with Crippen LogP contribution in [0.25, 0.3) is 0 Å². The number of aliphatic hydroxyl groups is 1. The van der Waals surface area contributed by atoms with Gasteiger partial charge in [-0.25, -0.2) is 0 Å². The van der Waals surface area contributed by atoms with E-state index in [0.717, 1.165) is 6.42 Å². The maximum Gasteiger partial charge on any atom is 0.118 e. The lowest BCUT2D eigenvalue weighted by atomic mass is 9.90. The quantitative estimate of drug-likeness (QED) is 0.527. The van der Waals surface area contributed by atoms with Crippen molar-refractivity contribution in [1.29, 1.82) is 0 Å². The molecular formula is C7H12O2. The van der Waals surface area contributed by atoms with Gasteiger partial charge in [-0.1, -0.05) is 12.8 Å². The Morgan fingerprint density at radius 1 is 1.56 bits per heavy atom. The van der Waals surface area contributed by atoms with Crippen molar-refractivity contribution in [2.24, 2.45) is 0 Å². The van der Waals surface area contributed by atoms with E-state index in [2.05, 4.69) is 0 Å². The Hall–Kier alpha value is -0.0800. The van der Waals surface area contributed by atoms with Gasteiger partial charge in [-0.15, -0.1) is 0 Å². The van der Waals surface area contributed by atoms with Gasteiger partial charge >= 0.3 is 0 Å². The predicted octanol–water partition coefficient (Wildman–Crippen LogP) is 0.690. The first-order chi connectivity index (χ1) is 4.37. The topological polar surface area (TPSA) is 32.8 Å². The van der Waals surface area contributed by atoms with Crippen molar-refractivity contribution in [3.05, 3.63) is 0 Å². The van der Waals surface area contributed by atoms with Crippen molar-refractivity contribution in [2.45, 2.75) is 37.4 Å². The third-order valence-electron chi connectivity index (χ3n) is 2.49. The second-order valence-corrected chi connectivity index (χ2v) is 3.08. The molecule has 2 rings (SSSR count).